The summed E-state index contributed by atoms with van der Waals surface area (Å²) in [4.78, 5) is 2.48. The number of rotatable bonds is 4. The molecule has 0 radical (unpaired) electrons. The summed E-state index contributed by atoms with van der Waals surface area (Å²) in [6.45, 7) is 9.82. The summed E-state index contributed by atoms with van der Waals surface area (Å²) in [6, 6.07) is 9.18. The van der Waals surface area contributed by atoms with Crippen molar-refractivity contribution in [3.05, 3.63) is 41.5 Å². The van der Waals surface area contributed by atoms with E-state index in [1.54, 1.807) is 0 Å². The highest BCUT2D eigenvalue weighted by Gasteiger charge is 2.16. The lowest BCUT2D eigenvalue weighted by Gasteiger charge is -2.31. The number of anilines is 1. The summed E-state index contributed by atoms with van der Waals surface area (Å²) >= 11 is 0. The van der Waals surface area contributed by atoms with E-state index in [2.05, 4.69) is 61.3 Å². The molecule has 0 fully saturated rings. The van der Waals surface area contributed by atoms with Crippen molar-refractivity contribution in [1.29, 1.82) is 0 Å². The van der Waals surface area contributed by atoms with Gasteiger partial charge in [0.2, 0.25) is 0 Å². The molecule has 1 aromatic carbocycles. The van der Waals surface area contributed by atoms with Crippen molar-refractivity contribution in [2.24, 2.45) is 0 Å². The summed E-state index contributed by atoms with van der Waals surface area (Å²) in [5.41, 5.74) is 4.31. The Morgan fingerprint density at radius 3 is 2.78 bits per heavy atom. The molecule has 0 spiro atoms. The van der Waals surface area contributed by atoms with Gasteiger partial charge in [-0.25, -0.2) is 0 Å². The zero-order chi connectivity index (χ0) is 13.0. The van der Waals surface area contributed by atoms with Gasteiger partial charge in [0.05, 0.1) is 0 Å². The van der Waals surface area contributed by atoms with Crippen LogP contribution in [0.1, 0.15) is 38.8 Å². The van der Waals surface area contributed by atoms with Gasteiger partial charge < -0.3 is 10.2 Å². The fourth-order valence-electron chi connectivity index (χ4n) is 2.55. The third-order valence-electron chi connectivity index (χ3n) is 3.69. The zero-order valence-electron chi connectivity index (χ0n) is 11.7. The van der Waals surface area contributed by atoms with E-state index in [-0.39, 0.29) is 0 Å². The Balaban J connectivity index is 2.22. The third-order valence-corrected chi connectivity index (χ3v) is 3.69. The van der Waals surface area contributed by atoms with Gasteiger partial charge in [-0.05, 0) is 38.4 Å². The van der Waals surface area contributed by atoms with Gasteiger partial charge in [0.1, 0.15) is 0 Å². The van der Waals surface area contributed by atoms with Crippen molar-refractivity contribution in [3.8, 4) is 0 Å². The highest BCUT2D eigenvalue weighted by Crippen LogP contribution is 2.28. The Bertz CT molecular complexity index is 423. The normalized spacial score (nSPS) is 17.5. The van der Waals surface area contributed by atoms with Crippen molar-refractivity contribution in [2.75, 3.05) is 24.5 Å². The van der Waals surface area contributed by atoms with Gasteiger partial charge in [-0.2, -0.15) is 0 Å². The Morgan fingerprint density at radius 2 is 2.11 bits per heavy atom. The van der Waals surface area contributed by atoms with E-state index in [4.69, 9.17) is 0 Å². The molecule has 1 heterocycles. The smallest absolute Gasteiger partial charge is 0.0417 e. The molecule has 2 nitrogen and oxygen atoms in total. The number of hydrogen-bond acceptors (Lipinski definition) is 2. The predicted octanol–water partition coefficient (Wildman–Crippen LogP) is 3.51. The first-order chi connectivity index (χ1) is 8.72. The molecule has 1 aromatic rings. The molecule has 2 heteroatoms. The average molecular weight is 244 g/mol. The summed E-state index contributed by atoms with van der Waals surface area (Å²) in [6.07, 6.45) is 3.53. The van der Waals surface area contributed by atoms with Crippen LogP contribution >= 0.6 is 0 Å². The highest BCUT2D eigenvalue weighted by molar-refractivity contribution is 5.56. The minimum absolute atomic E-state index is 0.415. The van der Waals surface area contributed by atoms with Crippen molar-refractivity contribution < 1.29 is 0 Å². The number of hydrogen-bond donors (Lipinski definition) is 1. The quantitative estimate of drug-likeness (QED) is 0.815. The van der Waals surface area contributed by atoms with Gasteiger partial charge in [0.25, 0.3) is 0 Å². The first-order valence-corrected chi connectivity index (χ1v) is 6.95. The Hall–Kier alpha value is -1.28. The molecule has 1 atom stereocenters. The van der Waals surface area contributed by atoms with Gasteiger partial charge >= 0.3 is 0 Å². The van der Waals surface area contributed by atoms with Gasteiger partial charge in [0.15, 0.2) is 0 Å². The Morgan fingerprint density at radius 1 is 1.33 bits per heavy atom. The van der Waals surface area contributed by atoms with Crippen LogP contribution in [-0.2, 0) is 0 Å². The number of nitrogens with one attached hydrogen (secondary N) is 1. The highest BCUT2D eigenvalue weighted by atomic mass is 15.1. The lowest BCUT2D eigenvalue weighted by molar-refractivity contribution is 0.595. The molecular formula is C16H24N2. The fourth-order valence-corrected chi connectivity index (χ4v) is 2.55. The van der Waals surface area contributed by atoms with Gasteiger partial charge in [-0.3, -0.25) is 0 Å². The van der Waals surface area contributed by atoms with Crippen LogP contribution in [0.5, 0.6) is 0 Å². The van der Waals surface area contributed by atoms with Crippen LogP contribution in [0.4, 0.5) is 5.69 Å². The molecule has 0 saturated carbocycles. The maximum Gasteiger partial charge on any atom is 0.0417 e. The monoisotopic (exact) mass is 244 g/mol. The van der Waals surface area contributed by atoms with E-state index < -0.39 is 0 Å². The third kappa shape index (κ3) is 2.94. The van der Waals surface area contributed by atoms with Crippen LogP contribution in [0.2, 0.25) is 0 Å². The largest absolute Gasteiger partial charge is 0.367 e. The van der Waals surface area contributed by atoms with Gasteiger partial charge in [-0.1, -0.05) is 36.8 Å². The van der Waals surface area contributed by atoms with Crippen LogP contribution in [-0.4, -0.2) is 19.6 Å². The fraction of sp³-hybridized carbons (Fsp3) is 0.500. The standard InChI is InChI=1S/C16H24N2/c1-4-17-14(3)15-7-5-6-8-16(15)18-11-9-13(2)10-12-18/h5-9,14,17H,4,10-12H2,1-3H3. The first-order valence-electron chi connectivity index (χ1n) is 6.95. The van der Waals surface area contributed by atoms with E-state index in [1.807, 2.05) is 0 Å². The van der Waals surface area contributed by atoms with Crippen LogP contribution in [0.3, 0.4) is 0 Å². The molecule has 1 aliphatic heterocycles. The lowest BCUT2D eigenvalue weighted by Crippen LogP contribution is -2.30. The second-order valence-electron chi connectivity index (χ2n) is 5.08. The predicted molar refractivity (Wildman–Crippen MR) is 79.1 cm³/mol. The van der Waals surface area contributed by atoms with E-state index in [0.29, 0.717) is 6.04 Å². The van der Waals surface area contributed by atoms with E-state index in [9.17, 15) is 0 Å². The van der Waals surface area contributed by atoms with Crippen LogP contribution < -0.4 is 10.2 Å². The molecule has 0 saturated heterocycles. The van der Waals surface area contributed by atoms with Crippen LogP contribution in [0, 0.1) is 0 Å². The van der Waals surface area contributed by atoms with E-state index in [1.165, 1.54) is 23.2 Å². The molecule has 1 aliphatic rings. The van der Waals surface area contributed by atoms with Gasteiger partial charge in [-0.15, -0.1) is 0 Å². The molecule has 18 heavy (non-hydrogen) atoms. The maximum atomic E-state index is 3.51. The summed E-state index contributed by atoms with van der Waals surface area (Å²) < 4.78 is 0. The van der Waals surface area contributed by atoms with Gasteiger partial charge in [0, 0.05) is 24.8 Å². The molecule has 1 N–H and O–H groups in total. The van der Waals surface area contributed by atoms with E-state index in [0.717, 1.165) is 19.6 Å². The second kappa shape index (κ2) is 6.05. The molecule has 2 rings (SSSR count). The van der Waals surface area contributed by atoms with Crippen LogP contribution in [0.15, 0.2) is 35.9 Å². The average Bonchev–Trinajstić information content (AvgIpc) is 2.40. The number of nitrogens with zero attached hydrogens (tertiary/aromatic N) is 1. The summed E-state index contributed by atoms with van der Waals surface area (Å²) in [5, 5.41) is 3.51. The summed E-state index contributed by atoms with van der Waals surface area (Å²) in [5.74, 6) is 0. The molecule has 1 unspecified atom stereocenters. The molecule has 0 aromatic heterocycles. The second-order valence-corrected chi connectivity index (χ2v) is 5.08. The van der Waals surface area contributed by atoms with Crippen molar-refractivity contribution in [3.63, 3.8) is 0 Å². The zero-order valence-corrected chi connectivity index (χ0v) is 11.7. The lowest BCUT2D eigenvalue weighted by atomic mass is 10.0. The van der Waals surface area contributed by atoms with Crippen LogP contribution in [0.25, 0.3) is 0 Å². The number of benzene rings is 1. The molecule has 0 bridgehead atoms. The topological polar surface area (TPSA) is 15.3 Å². The van der Waals surface area contributed by atoms with Crippen molar-refractivity contribution in [1.82, 2.24) is 5.32 Å². The molecule has 0 aliphatic carbocycles. The Kier molecular flexibility index (Phi) is 4.43. The SMILES string of the molecule is CCNC(C)c1ccccc1N1CC=C(C)CC1. The minimum atomic E-state index is 0.415. The number of para-hydroxylation sites is 1. The minimum Gasteiger partial charge on any atom is -0.367 e. The molecular weight excluding hydrogens is 220 g/mol. The maximum absolute atomic E-state index is 3.51. The van der Waals surface area contributed by atoms with E-state index >= 15 is 0 Å². The van der Waals surface area contributed by atoms with Crippen molar-refractivity contribution >= 4 is 5.69 Å². The first kappa shape index (κ1) is 13.2. The summed E-state index contributed by atoms with van der Waals surface area (Å²) in [7, 11) is 0. The Labute approximate surface area is 111 Å². The molecule has 98 valence electrons. The molecule has 0 amide bonds. The van der Waals surface area contributed by atoms with Crippen molar-refractivity contribution in [2.45, 2.75) is 33.2 Å².